The Hall–Kier alpha value is -1.47. The number of hydrogen-bond donors (Lipinski definition) is 0. The molecule has 3 rings (SSSR count). The minimum atomic E-state index is 0. The van der Waals surface area contributed by atoms with Gasteiger partial charge in [-0.2, -0.15) is 0 Å². The van der Waals surface area contributed by atoms with E-state index in [2.05, 4.69) is 59.7 Å². The third-order valence-corrected chi connectivity index (χ3v) is 2.64. The van der Waals surface area contributed by atoms with Crippen molar-refractivity contribution in [2.24, 2.45) is 0 Å². The summed E-state index contributed by atoms with van der Waals surface area (Å²) < 4.78 is 0. The topological polar surface area (TPSA) is 3.24 Å². The van der Waals surface area contributed by atoms with Crippen LogP contribution in [-0.2, 0) is 0 Å². The van der Waals surface area contributed by atoms with Gasteiger partial charge in [0.1, 0.15) is 0 Å². The molecule has 1 nitrogen and oxygen atoms in total. The summed E-state index contributed by atoms with van der Waals surface area (Å²) in [5.74, 6) is 0. The van der Waals surface area contributed by atoms with E-state index in [9.17, 15) is 0 Å². The summed E-state index contributed by atoms with van der Waals surface area (Å²) in [4.78, 5) is 2.28. The first-order valence-corrected chi connectivity index (χ1v) is 4.86. The van der Waals surface area contributed by atoms with Crippen LogP contribution in [0.5, 0.6) is 0 Å². The Balaban J connectivity index is 0.000000853. The van der Waals surface area contributed by atoms with Crippen LogP contribution >= 0.6 is 12.4 Å². The fourth-order valence-corrected chi connectivity index (χ4v) is 2.01. The summed E-state index contributed by atoms with van der Waals surface area (Å²) in [5.41, 5.74) is 3.95. The highest BCUT2D eigenvalue weighted by molar-refractivity contribution is 5.85. The summed E-state index contributed by atoms with van der Waals surface area (Å²) >= 11 is 0. The third-order valence-electron chi connectivity index (χ3n) is 2.64. The smallest absolute Gasteiger partial charge is 0.0556 e. The van der Waals surface area contributed by atoms with Gasteiger partial charge in [-0.1, -0.05) is 42.5 Å². The van der Waals surface area contributed by atoms with Crippen molar-refractivity contribution >= 4 is 30.2 Å². The largest absolute Gasteiger partial charge is 0.343 e. The Bertz CT molecular complexity index is 458. The molecule has 0 spiro atoms. The van der Waals surface area contributed by atoms with Crippen molar-refractivity contribution in [2.75, 3.05) is 11.4 Å². The van der Waals surface area contributed by atoms with Gasteiger partial charge >= 0.3 is 0 Å². The van der Waals surface area contributed by atoms with Crippen LogP contribution < -0.4 is 4.90 Å². The SMILES string of the molecule is C1=Cc2cccc3c2N(C=C1)CC=C3.Cl. The maximum atomic E-state index is 2.28. The van der Waals surface area contributed by atoms with Gasteiger partial charge in [-0.15, -0.1) is 12.4 Å². The summed E-state index contributed by atoms with van der Waals surface area (Å²) in [6, 6.07) is 6.43. The van der Waals surface area contributed by atoms with E-state index in [-0.39, 0.29) is 12.4 Å². The molecule has 0 amide bonds. The molecule has 0 aromatic heterocycles. The zero-order valence-electron chi connectivity index (χ0n) is 8.26. The summed E-state index contributed by atoms with van der Waals surface area (Å²) in [6.07, 6.45) is 12.9. The van der Waals surface area contributed by atoms with Gasteiger partial charge in [0.25, 0.3) is 0 Å². The highest BCUT2D eigenvalue weighted by atomic mass is 35.5. The molecule has 0 unspecified atom stereocenters. The van der Waals surface area contributed by atoms with Crippen LogP contribution in [0.3, 0.4) is 0 Å². The van der Waals surface area contributed by atoms with Crippen LogP contribution in [0.2, 0.25) is 0 Å². The van der Waals surface area contributed by atoms with Crippen molar-refractivity contribution in [1.29, 1.82) is 0 Å². The first kappa shape index (κ1) is 10.1. The van der Waals surface area contributed by atoms with E-state index in [4.69, 9.17) is 0 Å². The second kappa shape index (κ2) is 3.95. The minimum absolute atomic E-state index is 0. The average Bonchev–Trinajstić information content (AvgIpc) is 2.44. The lowest BCUT2D eigenvalue weighted by Gasteiger charge is -2.25. The van der Waals surface area contributed by atoms with E-state index in [0.717, 1.165) is 6.54 Å². The van der Waals surface area contributed by atoms with E-state index < -0.39 is 0 Å². The fourth-order valence-electron chi connectivity index (χ4n) is 2.01. The third kappa shape index (κ3) is 1.59. The van der Waals surface area contributed by atoms with Gasteiger partial charge in [-0.25, -0.2) is 0 Å². The molecule has 1 aromatic rings. The van der Waals surface area contributed by atoms with E-state index in [1.54, 1.807) is 0 Å². The summed E-state index contributed by atoms with van der Waals surface area (Å²) in [7, 11) is 0. The molecule has 0 aliphatic carbocycles. The minimum Gasteiger partial charge on any atom is -0.343 e. The number of anilines is 1. The highest BCUT2D eigenvalue weighted by Crippen LogP contribution is 2.32. The number of rotatable bonds is 0. The van der Waals surface area contributed by atoms with Gasteiger partial charge < -0.3 is 4.90 Å². The van der Waals surface area contributed by atoms with Crippen molar-refractivity contribution in [3.8, 4) is 0 Å². The van der Waals surface area contributed by atoms with Gasteiger partial charge in [0, 0.05) is 12.7 Å². The highest BCUT2D eigenvalue weighted by Gasteiger charge is 2.14. The van der Waals surface area contributed by atoms with Crippen LogP contribution in [-0.4, -0.2) is 6.54 Å². The average molecular weight is 218 g/mol. The number of para-hydroxylation sites is 1. The Morgan fingerprint density at radius 3 is 2.67 bits per heavy atom. The Morgan fingerprint density at radius 2 is 1.80 bits per heavy atom. The van der Waals surface area contributed by atoms with Crippen LogP contribution in [0.4, 0.5) is 5.69 Å². The fraction of sp³-hybridized carbons (Fsp3) is 0.0769. The van der Waals surface area contributed by atoms with Gasteiger partial charge in [0.05, 0.1) is 5.69 Å². The first-order valence-electron chi connectivity index (χ1n) is 4.86. The Kier molecular flexibility index (Phi) is 2.65. The number of benzene rings is 1. The van der Waals surface area contributed by atoms with Gasteiger partial charge in [-0.05, 0) is 17.2 Å². The lowest BCUT2D eigenvalue weighted by molar-refractivity contribution is 1.07. The van der Waals surface area contributed by atoms with E-state index >= 15 is 0 Å². The molecule has 2 heterocycles. The lowest BCUT2D eigenvalue weighted by atomic mass is 10.0. The molecule has 2 aliphatic heterocycles. The number of allylic oxidation sites excluding steroid dienone is 2. The predicted octanol–water partition coefficient (Wildman–Crippen LogP) is 3.48. The molecule has 1 aromatic carbocycles. The van der Waals surface area contributed by atoms with Gasteiger partial charge in [0.15, 0.2) is 0 Å². The monoisotopic (exact) mass is 217 g/mol. The van der Waals surface area contributed by atoms with Crippen molar-refractivity contribution in [2.45, 2.75) is 0 Å². The number of nitrogens with zero attached hydrogens (tertiary/aromatic N) is 1. The molecule has 2 aliphatic rings. The zero-order chi connectivity index (χ0) is 9.38. The van der Waals surface area contributed by atoms with Crippen molar-refractivity contribution in [3.05, 3.63) is 53.8 Å². The van der Waals surface area contributed by atoms with Crippen LogP contribution in [0.25, 0.3) is 12.2 Å². The number of halogens is 1. The molecular formula is C13H12ClN. The van der Waals surface area contributed by atoms with Crippen LogP contribution in [0.15, 0.2) is 42.6 Å². The molecule has 0 bridgehead atoms. The molecule has 0 saturated heterocycles. The molecule has 0 fully saturated rings. The molecule has 2 heteroatoms. The second-order valence-corrected chi connectivity index (χ2v) is 3.54. The maximum Gasteiger partial charge on any atom is 0.0556 e. The van der Waals surface area contributed by atoms with E-state index in [1.165, 1.54) is 16.8 Å². The standard InChI is InChI=1S/C13H11N.ClH/c1-2-9-14-10-4-8-12-7-3-6-11(5-1)13(12)14;/h1-9H,10H2;1H. The zero-order valence-corrected chi connectivity index (χ0v) is 9.08. The van der Waals surface area contributed by atoms with Gasteiger partial charge in [-0.3, -0.25) is 0 Å². The molecule has 0 atom stereocenters. The normalized spacial score (nSPS) is 15.6. The molecule has 76 valence electrons. The summed E-state index contributed by atoms with van der Waals surface area (Å²) in [5, 5.41) is 0. The van der Waals surface area contributed by atoms with E-state index in [0.29, 0.717) is 0 Å². The van der Waals surface area contributed by atoms with Gasteiger partial charge in [0.2, 0.25) is 0 Å². The molecular weight excluding hydrogens is 206 g/mol. The predicted molar refractivity (Wildman–Crippen MR) is 68.2 cm³/mol. The molecule has 0 radical (unpaired) electrons. The Labute approximate surface area is 95.8 Å². The maximum absolute atomic E-state index is 2.28. The van der Waals surface area contributed by atoms with Crippen molar-refractivity contribution < 1.29 is 0 Å². The summed E-state index contributed by atoms with van der Waals surface area (Å²) in [6.45, 7) is 0.974. The van der Waals surface area contributed by atoms with Crippen molar-refractivity contribution in [1.82, 2.24) is 0 Å². The quantitative estimate of drug-likeness (QED) is 0.643. The molecule has 0 N–H and O–H groups in total. The van der Waals surface area contributed by atoms with Crippen LogP contribution in [0.1, 0.15) is 11.1 Å². The number of hydrogen-bond acceptors (Lipinski definition) is 1. The van der Waals surface area contributed by atoms with Crippen molar-refractivity contribution in [3.63, 3.8) is 0 Å². The van der Waals surface area contributed by atoms with Crippen LogP contribution in [0, 0.1) is 0 Å². The first-order chi connectivity index (χ1) is 6.95. The second-order valence-electron chi connectivity index (χ2n) is 3.54. The molecule has 15 heavy (non-hydrogen) atoms. The Morgan fingerprint density at radius 1 is 1.00 bits per heavy atom. The van der Waals surface area contributed by atoms with E-state index in [1.807, 2.05) is 0 Å². The lowest BCUT2D eigenvalue weighted by Crippen LogP contribution is -2.19. The molecule has 0 saturated carbocycles.